The van der Waals surface area contributed by atoms with Crippen molar-refractivity contribution >= 4 is 65.9 Å². The van der Waals surface area contributed by atoms with Crippen LogP contribution in [0.5, 0.6) is 5.75 Å². The van der Waals surface area contributed by atoms with Crippen LogP contribution in [0.4, 0.5) is 17.1 Å². The van der Waals surface area contributed by atoms with Crippen LogP contribution in [0.1, 0.15) is 25.0 Å². The number of nitrogens with zero attached hydrogens (tertiary/aromatic N) is 2. The molecule has 1 aliphatic rings. The Morgan fingerprint density at radius 1 is 0.491 bits per heavy atom. The normalized spacial score (nSPS) is 13.3. The van der Waals surface area contributed by atoms with E-state index in [1.807, 2.05) is 6.07 Å². The third-order valence-electron chi connectivity index (χ3n) is 11.7. The molecule has 0 N–H and O–H groups in total. The molecule has 0 aliphatic heterocycles. The van der Waals surface area contributed by atoms with Gasteiger partial charge in [0, 0.05) is 50.1 Å². The number of methoxy groups -OCH3 is 1. The standard InChI is InChI=1S/C50H36N2O/c1-50(2)44-24-8-7-19-37(44)43-30-46-47-38(20-11-23-41(47)48(43)50)39-21-12-22-40-42-29-35(25-26-45(42)52(46)49(39)40)51(34-17-10-18-36(28-34)53-3)33-16-9-15-32(27-33)31-13-5-4-6-14-31/h4-30H,1-3H3. The maximum atomic E-state index is 5.73. The van der Waals surface area contributed by atoms with Gasteiger partial charge in [-0.2, -0.15) is 0 Å². The summed E-state index contributed by atoms with van der Waals surface area (Å²) < 4.78 is 8.27. The summed E-state index contributed by atoms with van der Waals surface area (Å²) in [5.41, 5.74) is 14.7. The van der Waals surface area contributed by atoms with Gasteiger partial charge in [-0.1, -0.05) is 123 Å². The second kappa shape index (κ2) is 11.0. The summed E-state index contributed by atoms with van der Waals surface area (Å²) >= 11 is 0. The minimum atomic E-state index is -0.0928. The molecular weight excluding hydrogens is 645 g/mol. The molecular formula is C50H36N2O. The number of benzene rings is 8. The second-order valence-corrected chi connectivity index (χ2v) is 14.9. The summed E-state index contributed by atoms with van der Waals surface area (Å²) in [6.07, 6.45) is 0. The topological polar surface area (TPSA) is 16.9 Å². The van der Waals surface area contributed by atoms with Gasteiger partial charge >= 0.3 is 0 Å². The van der Waals surface area contributed by atoms with Gasteiger partial charge in [0.05, 0.1) is 23.7 Å². The van der Waals surface area contributed by atoms with Crippen LogP contribution >= 0.6 is 0 Å². The van der Waals surface area contributed by atoms with Crippen molar-refractivity contribution in [1.82, 2.24) is 4.40 Å². The molecule has 0 saturated carbocycles. The number of ether oxygens (including phenoxy) is 1. The minimum absolute atomic E-state index is 0.0928. The quantitative estimate of drug-likeness (QED) is 0.133. The maximum Gasteiger partial charge on any atom is 0.120 e. The van der Waals surface area contributed by atoms with Crippen LogP contribution in [0.15, 0.2) is 164 Å². The van der Waals surface area contributed by atoms with Gasteiger partial charge in [-0.25, -0.2) is 0 Å². The Kier molecular flexibility index (Phi) is 6.22. The molecule has 53 heavy (non-hydrogen) atoms. The van der Waals surface area contributed by atoms with E-state index >= 15 is 0 Å². The van der Waals surface area contributed by atoms with E-state index in [0.717, 1.165) is 22.8 Å². The van der Waals surface area contributed by atoms with Crippen LogP contribution in [0, 0.1) is 0 Å². The van der Waals surface area contributed by atoms with Crippen molar-refractivity contribution in [3.05, 3.63) is 175 Å². The Balaban J connectivity index is 1.21. The monoisotopic (exact) mass is 680 g/mol. The number of rotatable bonds is 5. The van der Waals surface area contributed by atoms with Gasteiger partial charge in [-0.15, -0.1) is 0 Å². The van der Waals surface area contributed by atoms with Crippen molar-refractivity contribution in [2.75, 3.05) is 12.0 Å². The van der Waals surface area contributed by atoms with Gasteiger partial charge in [-0.3, -0.25) is 0 Å². The zero-order valence-electron chi connectivity index (χ0n) is 29.9. The first-order chi connectivity index (χ1) is 26.0. The number of aromatic nitrogens is 1. The zero-order valence-corrected chi connectivity index (χ0v) is 29.9. The largest absolute Gasteiger partial charge is 0.497 e. The van der Waals surface area contributed by atoms with Crippen molar-refractivity contribution in [3.63, 3.8) is 0 Å². The first-order valence-corrected chi connectivity index (χ1v) is 18.4. The molecule has 0 amide bonds. The average Bonchev–Trinajstić information content (AvgIpc) is 3.66. The summed E-state index contributed by atoms with van der Waals surface area (Å²) in [7, 11) is 1.73. The van der Waals surface area contributed by atoms with Crippen molar-refractivity contribution in [2.45, 2.75) is 19.3 Å². The Labute approximate surface area is 308 Å². The molecule has 3 nitrogen and oxygen atoms in total. The fraction of sp³-hybridized carbons (Fsp3) is 0.0800. The Morgan fingerprint density at radius 3 is 1.98 bits per heavy atom. The zero-order chi connectivity index (χ0) is 35.4. The predicted molar refractivity (Wildman–Crippen MR) is 223 cm³/mol. The van der Waals surface area contributed by atoms with E-state index in [2.05, 4.69) is 181 Å². The van der Waals surface area contributed by atoms with E-state index < -0.39 is 0 Å². The third-order valence-corrected chi connectivity index (χ3v) is 11.7. The highest BCUT2D eigenvalue weighted by atomic mass is 16.5. The number of fused-ring (bicyclic) bond motifs is 9. The van der Waals surface area contributed by atoms with Crippen LogP contribution in [-0.4, -0.2) is 11.5 Å². The van der Waals surface area contributed by atoms with E-state index in [1.54, 1.807) is 7.11 Å². The van der Waals surface area contributed by atoms with Crippen molar-refractivity contribution in [3.8, 4) is 28.0 Å². The van der Waals surface area contributed by atoms with Gasteiger partial charge in [0.25, 0.3) is 0 Å². The number of anilines is 3. The Morgan fingerprint density at radius 2 is 1.15 bits per heavy atom. The second-order valence-electron chi connectivity index (χ2n) is 14.9. The summed E-state index contributed by atoms with van der Waals surface area (Å²) in [6, 6.07) is 60.0. The highest BCUT2D eigenvalue weighted by molar-refractivity contribution is 6.28. The van der Waals surface area contributed by atoms with Gasteiger partial charge < -0.3 is 14.0 Å². The summed E-state index contributed by atoms with van der Waals surface area (Å²) in [5, 5.41) is 7.76. The lowest BCUT2D eigenvalue weighted by atomic mass is 9.79. The maximum absolute atomic E-state index is 5.73. The highest BCUT2D eigenvalue weighted by Crippen LogP contribution is 2.54. The van der Waals surface area contributed by atoms with Gasteiger partial charge in [0.1, 0.15) is 5.75 Å². The lowest BCUT2D eigenvalue weighted by molar-refractivity contribution is 0.415. The molecule has 0 unspecified atom stereocenters. The Bertz CT molecular complexity index is 3080. The molecule has 0 radical (unpaired) electrons. The average molecular weight is 681 g/mol. The first kappa shape index (κ1) is 30.1. The fourth-order valence-electron chi connectivity index (χ4n) is 9.46. The van der Waals surface area contributed by atoms with Gasteiger partial charge in [0.15, 0.2) is 0 Å². The van der Waals surface area contributed by atoms with E-state index in [9.17, 15) is 0 Å². The van der Waals surface area contributed by atoms with Crippen molar-refractivity contribution in [1.29, 1.82) is 0 Å². The molecule has 0 atom stereocenters. The van der Waals surface area contributed by atoms with Gasteiger partial charge in [0.2, 0.25) is 0 Å². The smallest absolute Gasteiger partial charge is 0.120 e. The molecule has 8 aromatic carbocycles. The molecule has 3 heteroatoms. The predicted octanol–water partition coefficient (Wildman–Crippen LogP) is 13.4. The summed E-state index contributed by atoms with van der Waals surface area (Å²) in [4.78, 5) is 2.35. The fourth-order valence-corrected chi connectivity index (χ4v) is 9.46. The van der Waals surface area contributed by atoms with Crippen LogP contribution in [-0.2, 0) is 5.41 Å². The first-order valence-electron chi connectivity index (χ1n) is 18.4. The number of hydrogen-bond acceptors (Lipinski definition) is 2. The summed E-state index contributed by atoms with van der Waals surface area (Å²) in [5.74, 6) is 0.822. The van der Waals surface area contributed by atoms with E-state index in [4.69, 9.17) is 4.74 Å². The third kappa shape index (κ3) is 4.16. The van der Waals surface area contributed by atoms with E-state index in [0.29, 0.717) is 0 Å². The molecule has 0 spiro atoms. The van der Waals surface area contributed by atoms with Crippen LogP contribution < -0.4 is 9.64 Å². The molecule has 0 bridgehead atoms. The molecule has 2 heterocycles. The number of pyridine rings is 1. The molecule has 11 rings (SSSR count). The molecule has 1 aliphatic carbocycles. The molecule has 0 fully saturated rings. The minimum Gasteiger partial charge on any atom is -0.497 e. The van der Waals surface area contributed by atoms with Crippen LogP contribution in [0.2, 0.25) is 0 Å². The van der Waals surface area contributed by atoms with E-state index in [-0.39, 0.29) is 5.41 Å². The van der Waals surface area contributed by atoms with E-state index in [1.165, 1.54) is 82.2 Å². The van der Waals surface area contributed by atoms with Gasteiger partial charge in [-0.05, 0) is 92.7 Å². The molecule has 2 aromatic heterocycles. The van der Waals surface area contributed by atoms with Crippen molar-refractivity contribution in [2.24, 2.45) is 0 Å². The van der Waals surface area contributed by atoms with Crippen LogP contribution in [0.25, 0.3) is 71.1 Å². The Hall–Kier alpha value is -6.58. The molecule has 0 saturated heterocycles. The SMILES string of the molecule is COc1cccc(N(c2cccc(-c3ccccc3)c2)c2ccc3c(c2)c2cccc4c5cccc6c7c(cc(c65)n3c42)-c2ccccc2C7(C)C)c1. The highest BCUT2D eigenvalue weighted by Gasteiger charge is 2.37. The number of para-hydroxylation sites is 1. The molecule has 10 aromatic rings. The van der Waals surface area contributed by atoms with Crippen LogP contribution in [0.3, 0.4) is 0 Å². The molecule has 252 valence electrons. The lowest BCUT2D eigenvalue weighted by Crippen LogP contribution is -2.15. The lowest BCUT2D eigenvalue weighted by Gasteiger charge is -2.26. The van der Waals surface area contributed by atoms with Crippen molar-refractivity contribution < 1.29 is 4.74 Å². The summed E-state index contributed by atoms with van der Waals surface area (Å²) in [6.45, 7) is 4.77. The number of hydrogen-bond donors (Lipinski definition) is 0.